The van der Waals surface area contributed by atoms with E-state index < -0.39 is 0 Å². The summed E-state index contributed by atoms with van der Waals surface area (Å²) in [6.07, 6.45) is 1.81. The minimum atomic E-state index is 0.0138. The average molecular weight is 426 g/mol. The molecule has 7 heteroatoms. The standard InChI is InChI=1S/C24H35N5O2/c1-19(2)22(28-12-14-31-15-13-28)17-27-24(25-3)26-16-20-7-9-21(10-8-20)18-29-11-5-4-6-23(29)30/h4-11,19,22H,12-18H2,1-3H3,(H2,25,26,27). The Labute approximate surface area is 185 Å². The molecule has 2 aromatic rings. The van der Waals surface area contributed by atoms with Crippen LogP contribution in [0.4, 0.5) is 0 Å². The summed E-state index contributed by atoms with van der Waals surface area (Å²) < 4.78 is 7.20. The molecule has 1 aromatic carbocycles. The van der Waals surface area contributed by atoms with Crippen molar-refractivity contribution in [3.63, 3.8) is 0 Å². The second-order valence-electron chi connectivity index (χ2n) is 8.25. The molecule has 2 heterocycles. The van der Waals surface area contributed by atoms with E-state index in [4.69, 9.17) is 4.74 Å². The van der Waals surface area contributed by atoms with Gasteiger partial charge in [-0.1, -0.05) is 44.2 Å². The molecule has 3 rings (SSSR count). The summed E-state index contributed by atoms with van der Waals surface area (Å²) in [7, 11) is 1.80. The zero-order valence-corrected chi connectivity index (χ0v) is 18.9. The van der Waals surface area contributed by atoms with Crippen molar-refractivity contribution in [2.75, 3.05) is 39.9 Å². The van der Waals surface area contributed by atoms with E-state index in [2.05, 4.69) is 58.6 Å². The highest BCUT2D eigenvalue weighted by molar-refractivity contribution is 5.79. The molecule has 168 valence electrons. The van der Waals surface area contributed by atoms with Crippen LogP contribution in [0, 0.1) is 5.92 Å². The normalized spacial score (nSPS) is 16.3. The van der Waals surface area contributed by atoms with E-state index >= 15 is 0 Å². The number of hydrogen-bond donors (Lipinski definition) is 2. The number of morpholine rings is 1. The summed E-state index contributed by atoms with van der Waals surface area (Å²) >= 11 is 0. The van der Waals surface area contributed by atoms with Gasteiger partial charge in [0.15, 0.2) is 5.96 Å². The van der Waals surface area contributed by atoms with Gasteiger partial charge >= 0.3 is 0 Å². The lowest BCUT2D eigenvalue weighted by Crippen LogP contribution is -2.52. The summed E-state index contributed by atoms with van der Waals surface area (Å²) in [4.78, 5) is 18.8. The predicted molar refractivity (Wildman–Crippen MR) is 125 cm³/mol. The molecular formula is C24H35N5O2. The molecular weight excluding hydrogens is 390 g/mol. The largest absolute Gasteiger partial charge is 0.379 e. The number of aromatic nitrogens is 1. The van der Waals surface area contributed by atoms with Crippen molar-refractivity contribution in [1.29, 1.82) is 0 Å². The van der Waals surface area contributed by atoms with E-state index in [0.29, 0.717) is 25.0 Å². The van der Waals surface area contributed by atoms with Gasteiger partial charge in [-0.3, -0.25) is 14.7 Å². The first-order valence-corrected chi connectivity index (χ1v) is 11.1. The van der Waals surface area contributed by atoms with Crippen LogP contribution < -0.4 is 16.2 Å². The van der Waals surface area contributed by atoms with Crippen molar-refractivity contribution < 1.29 is 4.74 Å². The summed E-state index contributed by atoms with van der Waals surface area (Å²) in [6, 6.07) is 14.0. The third-order valence-electron chi connectivity index (χ3n) is 5.72. The fraction of sp³-hybridized carbons (Fsp3) is 0.500. The Morgan fingerprint density at radius 3 is 2.42 bits per heavy atom. The Bertz CT molecular complexity index is 885. The summed E-state index contributed by atoms with van der Waals surface area (Å²) in [6.45, 7) is 10.2. The Kier molecular flexibility index (Phi) is 8.67. The molecule has 0 radical (unpaired) electrons. The minimum absolute atomic E-state index is 0.0138. The zero-order chi connectivity index (χ0) is 22.1. The predicted octanol–water partition coefficient (Wildman–Crippen LogP) is 1.92. The van der Waals surface area contributed by atoms with Gasteiger partial charge in [0.1, 0.15) is 0 Å². The lowest BCUT2D eigenvalue weighted by atomic mass is 10.0. The SMILES string of the molecule is CN=C(NCc1ccc(Cn2ccccc2=O)cc1)NCC(C(C)C)N1CCOCC1. The van der Waals surface area contributed by atoms with Gasteiger partial charge in [-0.25, -0.2) is 0 Å². The fourth-order valence-electron chi connectivity index (χ4n) is 3.85. The lowest BCUT2D eigenvalue weighted by Gasteiger charge is -2.37. The van der Waals surface area contributed by atoms with Crippen LogP contribution in [0.2, 0.25) is 0 Å². The second kappa shape index (κ2) is 11.7. The Hall–Kier alpha value is -2.64. The van der Waals surface area contributed by atoms with Crippen LogP contribution in [0.1, 0.15) is 25.0 Å². The van der Waals surface area contributed by atoms with Crippen molar-refractivity contribution >= 4 is 5.96 Å². The smallest absolute Gasteiger partial charge is 0.250 e. The molecule has 1 atom stereocenters. The monoisotopic (exact) mass is 425 g/mol. The number of ether oxygens (including phenoxy) is 1. The molecule has 1 aliphatic heterocycles. The third-order valence-corrected chi connectivity index (χ3v) is 5.72. The number of benzene rings is 1. The highest BCUT2D eigenvalue weighted by atomic mass is 16.5. The van der Waals surface area contributed by atoms with Gasteiger partial charge in [0.05, 0.1) is 19.8 Å². The molecule has 1 unspecified atom stereocenters. The molecule has 0 amide bonds. The van der Waals surface area contributed by atoms with E-state index in [9.17, 15) is 4.79 Å². The van der Waals surface area contributed by atoms with Gasteiger partial charge in [-0.2, -0.15) is 0 Å². The van der Waals surface area contributed by atoms with Crippen molar-refractivity contribution in [3.8, 4) is 0 Å². The van der Waals surface area contributed by atoms with Crippen molar-refractivity contribution in [2.24, 2.45) is 10.9 Å². The number of rotatable bonds is 8. The number of hydrogen-bond acceptors (Lipinski definition) is 4. The van der Waals surface area contributed by atoms with Crippen molar-refractivity contribution in [2.45, 2.75) is 33.0 Å². The average Bonchev–Trinajstić information content (AvgIpc) is 2.79. The summed E-state index contributed by atoms with van der Waals surface area (Å²) in [5.41, 5.74) is 2.28. The van der Waals surface area contributed by atoms with E-state index in [-0.39, 0.29) is 5.56 Å². The quantitative estimate of drug-likeness (QED) is 0.500. The van der Waals surface area contributed by atoms with Crippen LogP contribution in [0.25, 0.3) is 0 Å². The zero-order valence-electron chi connectivity index (χ0n) is 18.9. The molecule has 1 aromatic heterocycles. The van der Waals surface area contributed by atoms with Gasteiger partial charge in [-0.15, -0.1) is 0 Å². The van der Waals surface area contributed by atoms with Crippen LogP contribution in [0.15, 0.2) is 58.4 Å². The molecule has 0 bridgehead atoms. The molecule has 1 fully saturated rings. The molecule has 1 saturated heterocycles. The maximum Gasteiger partial charge on any atom is 0.250 e. The first kappa shape index (κ1) is 23.0. The highest BCUT2D eigenvalue weighted by Gasteiger charge is 2.23. The maximum atomic E-state index is 11.9. The molecule has 31 heavy (non-hydrogen) atoms. The molecule has 0 aliphatic carbocycles. The van der Waals surface area contributed by atoms with Gasteiger partial charge < -0.3 is 19.9 Å². The summed E-state index contributed by atoms with van der Waals surface area (Å²) in [5.74, 6) is 1.35. The van der Waals surface area contributed by atoms with Crippen LogP contribution in [-0.2, 0) is 17.8 Å². The number of aliphatic imine (C=N–C) groups is 1. The molecule has 2 N–H and O–H groups in total. The third kappa shape index (κ3) is 6.94. The van der Waals surface area contributed by atoms with Crippen LogP contribution in [-0.4, -0.2) is 61.4 Å². The Morgan fingerprint density at radius 1 is 1.06 bits per heavy atom. The lowest BCUT2D eigenvalue weighted by molar-refractivity contribution is 0.00752. The molecule has 7 nitrogen and oxygen atoms in total. The van der Waals surface area contributed by atoms with Gasteiger partial charge in [0.2, 0.25) is 0 Å². The van der Waals surface area contributed by atoms with Crippen molar-refractivity contribution in [3.05, 3.63) is 70.1 Å². The molecule has 0 spiro atoms. The van der Waals surface area contributed by atoms with Crippen LogP contribution in [0.3, 0.4) is 0 Å². The van der Waals surface area contributed by atoms with Gasteiger partial charge in [0, 0.05) is 51.5 Å². The highest BCUT2D eigenvalue weighted by Crippen LogP contribution is 2.12. The molecule has 0 saturated carbocycles. The molecule has 1 aliphatic rings. The minimum Gasteiger partial charge on any atom is -0.379 e. The topological polar surface area (TPSA) is 70.9 Å². The van der Waals surface area contributed by atoms with E-state index in [1.807, 2.05) is 12.3 Å². The van der Waals surface area contributed by atoms with E-state index in [1.165, 1.54) is 5.56 Å². The second-order valence-corrected chi connectivity index (χ2v) is 8.25. The summed E-state index contributed by atoms with van der Waals surface area (Å²) in [5, 5.41) is 6.89. The van der Waals surface area contributed by atoms with Gasteiger partial charge in [-0.05, 0) is 23.1 Å². The Morgan fingerprint density at radius 2 is 1.77 bits per heavy atom. The van der Waals surface area contributed by atoms with E-state index in [0.717, 1.165) is 44.4 Å². The van der Waals surface area contributed by atoms with Crippen LogP contribution >= 0.6 is 0 Å². The first-order valence-electron chi connectivity index (χ1n) is 11.1. The maximum absolute atomic E-state index is 11.9. The van der Waals surface area contributed by atoms with E-state index in [1.54, 1.807) is 23.7 Å². The number of guanidine groups is 1. The number of nitrogens with zero attached hydrogens (tertiary/aromatic N) is 3. The van der Waals surface area contributed by atoms with Crippen LogP contribution in [0.5, 0.6) is 0 Å². The first-order chi connectivity index (χ1) is 15.1. The Balaban J connectivity index is 1.49. The number of pyridine rings is 1. The fourth-order valence-corrected chi connectivity index (χ4v) is 3.85. The van der Waals surface area contributed by atoms with Crippen molar-refractivity contribution in [1.82, 2.24) is 20.1 Å². The van der Waals surface area contributed by atoms with Gasteiger partial charge in [0.25, 0.3) is 5.56 Å². The number of nitrogens with one attached hydrogen (secondary N) is 2.